The second-order valence-electron chi connectivity index (χ2n) is 5.86. The molecule has 142 valence electrons. The Morgan fingerprint density at radius 3 is 1.23 bits per heavy atom. The predicted molar refractivity (Wildman–Crippen MR) is 73.2 cm³/mol. The molecule has 0 bridgehead atoms. The van der Waals surface area contributed by atoms with E-state index in [-0.39, 0.29) is 51.4 Å². The summed E-state index contributed by atoms with van der Waals surface area (Å²) in [5.74, 6) is -5.79. The molecule has 2 saturated heterocycles. The zero-order chi connectivity index (χ0) is 19.5. The molecule has 2 aliphatic heterocycles. The highest BCUT2D eigenvalue weighted by Gasteiger charge is 2.56. The number of rotatable bonds is 7. The molecule has 12 heteroatoms. The molecule has 0 aromatic rings. The van der Waals surface area contributed by atoms with Gasteiger partial charge in [0.1, 0.15) is 9.62 Å². The van der Waals surface area contributed by atoms with Crippen molar-refractivity contribution in [3.63, 3.8) is 0 Å². The Bertz CT molecular complexity index is 595. The molecule has 2 aliphatic rings. The minimum atomic E-state index is -2.00. The maximum atomic E-state index is 11.6. The minimum absolute atomic E-state index is 0.0731. The summed E-state index contributed by atoms with van der Waals surface area (Å²) in [5, 5.41) is 19.4. The van der Waals surface area contributed by atoms with Crippen molar-refractivity contribution in [3.05, 3.63) is 0 Å². The fourth-order valence-electron chi connectivity index (χ4n) is 2.44. The average molecular weight is 374 g/mol. The summed E-state index contributed by atoms with van der Waals surface area (Å²) in [6, 6.07) is 0. The molecule has 2 N–H and O–H groups in total. The van der Waals surface area contributed by atoms with Gasteiger partial charge >= 0.3 is 35.6 Å². The molecule has 12 nitrogen and oxygen atoms in total. The summed E-state index contributed by atoms with van der Waals surface area (Å²) in [6.07, 6.45) is -1.37. The number of imide groups is 2. The van der Waals surface area contributed by atoms with Crippen LogP contribution in [0.15, 0.2) is 0 Å². The molecule has 26 heavy (non-hydrogen) atoms. The first-order chi connectivity index (χ1) is 12.1. The Labute approximate surface area is 146 Å². The normalized spacial score (nSPS) is 21.2. The Hall–Kier alpha value is -2.54. The maximum Gasteiger partial charge on any atom is 0.397 e. The quantitative estimate of drug-likeness (QED) is 0.259. The smallest absolute Gasteiger partial charge is 0.245 e. The summed E-state index contributed by atoms with van der Waals surface area (Å²) in [4.78, 5) is 73.7. The van der Waals surface area contributed by atoms with Gasteiger partial charge in [0, 0.05) is 0 Å². The molecular formula is C14H18N2O10+2. The van der Waals surface area contributed by atoms with Gasteiger partial charge in [0.2, 0.25) is 0 Å². The topological polar surface area (TPSA) is 161 Å². The Kier molecular flexibility index (Phi) is 5.61. The molecular weight excluding hydrogens is 356 g/mol. The minimum Gasteiger partial charge on any atom is -0.245 e. The molecule has 0 saturated carbocycles. The average Bonchev–Trinajstić information content (AvgIpc) is 2.96. The largest absolute Gasteiger partial charge is 0.397 e. The SMILES string of the molecule is O=C(CCCCC(=O)O[N+]1(O)C(=O)CCC1=O)O[N+]1(O)C(=O)CCC1=O. The number of unbranched alkanes of at least 4 members (excludes halogenated alkanes) is 1. The highest BCUT2D eigenvalue weighted by molar-refractivity contribution is 5.91. The number of quaternary nitrogens is 2. The van der Waals surface area contributed by atoms with Gasteiger partial charge in [-0.15, -0.1) is 0 Å². The molecule has 2 rings (SSSR count). The Morgan fingerprint density at radius 2 is 0.962 bits per heavy atom. The van der Waals surface area contributed by atoms with Crippen LogP contribution in [0.2, 0.25) is 0 Å². The lowest BCUT2D eigenvalue weighted by Crippen LogP contribution is -2.50. The lowest BCUT2D eigenvalue weighted by molar-refractivity contribution is -1.12. The first-order valence-electron chi connectivity index (χ1n) is 7.91. The molecule has 0 atom stereocenters. The lowest BCUT2D eigenvalue weighted by Gasteiger charge is -2.16. The van der Waals surface area contributed by atoms with Gasteiger partial charge in [-0.05, 0) is 12.8 Å². The van der Waals surface area contributed by atoms with Crippen LogP contribution in [0.4, 0.5) is 0 Å². The van der Waals surface area contributed by atoms with Crippen molar-refractivity contribution in [2.75, 3.05) is 0 Å². The first-order valence-corrected chi connectivity index (χ1v) is 7.91. The summed E-state index contributed by atoms with van der Waals surface area (Å²) in [7, 11) is 0. The second kappa shape index (κ2) is 7.37. The predicted octanol–water partition coefficient (Wildman–Crippen LogP) is -0.431. The van der Waals surface area contributed by atoms with Crippen LogP contribution in [-0.2, 0) is 38.4 Å². The van der Waals surface area contributed by atoms with Gasteiger partial charge in [-0.2, -0.15) is 10.4 Å². The molecule has 0 unspecified atom stereocenters. The zero-order valence-corrected chi connectivity index (χ0v) is 13.7. The third-order valence-corrected chi connectivity index (χ3v) is 3.94. The molecule has 4 amide bonds. The Morgan fingerprint density at radius 1 is 0.692 bits per heavy atom. The van der Waals surface area contributed by atoms with E-state index in [1.165, 1.54) is 0 Å². The number of hydroxylamine groups is 8. The zero-order valence-electron chi connectivity index (χ0n) is 13.7. The van der Waals surface area contributed by atoms with Crippen LogP contribution < -0.4 is 0 Å². The number of amides is 4. The standard InChI is InChI=1S/C14H18N2O10/c17-9-5-6-10(18)15(9,23)25-13(21)3-1-2-4-14(22)26-16(24)11(19)7-8-12(16)20/h23-24H,1-8H2/q+2. The van der Waals surface area contributed by atoms with Gasteiger partial charge in [-0.25, -0.2) is 38.4 Å². The Balaban J connectivity index is 1.72. The van der Waals surface area contributed by atoms with E-state index in [2.05, 4.69) is 9.68 Å². The van der Waals surface area contributed by atoms with Crippen LogP contribution in [0.25, 0.3) is 0 Å². The summed E-state index contributed by atoms with van der Waals surface area (Å²) in [6.45, 7) is 0. The number of nitrogens with zero attached hydrogens (tertiary/aromatic N) is 2. The van der Waals surface area contributed by atoms with Crippen molar-refractivity contribution in [1.29, 1.82) is 0 Å². The van der Waals surface area contributed by atoms with E-state index in [1.54, 1.807) is 0 Å². The summed E-state index contributed by atoms with van der Waals surface area (Å²) < 4.78 is 0. The highest BCUT2D eigenvalue weighted by atomic mass is 17.0. The van der Waals surface area contributed by atoms with Crippen molar-refractivity contribution < 1.29 is 58.5 Å². The number of hydrogen-bond acceptors (Lipinski definition) is 10. The van der Waals surface area contributed by atoms with Crippen molar-refractivity contribution in [2.45, 2.75) is 51.4 Å². The van der Waals surface area contributed by atoms with Gasteiger partial charge in [-0.1, -0.05) is 0 Å². The van der Waals surface area contributed by atoms with E-state index in [0.29, 0.717) is 0 Å². The van der Waals surface area contributed by atoms with E-state index in [1.807, 2.05) is 0 Å². The highest BCUT2D eigenvalue weighted by Crippen LogP contribution is 2.22. The van der Waals surface area contributed by atoms with E-state index < -0.39 is 45.2 Å². The van der Waals surface area contributed by atoms with Crippen molar-refractivity contribution in [1.82, 2.24) is 0 Å². The van der Waals surface area contributed by atoms with Crippen LogP contribution in [0.1, 0.15) is 51.4 Å². The number of carbonyl (C=O) groups is 6. The van der Waals surface area contributed by atoms with E-state index in [0.717, 1.165) is 0 Å². The van der Waals surface area contributed by atoms with Gasteiger partial charge in [-0.3, -0.25) is 0 Å². The monoisotopic (exact) mass is 374 g/mol. The first kappa shape index (κ1) is 19.8. The van der Waals surface area contributed by atoms with E-state index in [9.17, 15) is 39.2 Å². The van der Waals surface area contributed by atoms with Crippen LogP contribution in [0.5, 0.6) is 0 Å². The van der Waals surface area contributed by atoms with Gasteiger partial charge in [0.05, 0.1) is 38.5 Å². The third kappa shape index (κ3) is 3.83. The molecule has 0 aromatic carbocycles. The fourth-order valence-corrected chi connectivity index (χ4v) is 2.44. The van der Waals surface area contributed by atoms with Gasteiger partial charge in [0.25, 0.3) is 0 Å². The van der Waals surface area contributed by atoms with Crippen LogP contribution in [0, 0.1) is 0 Å². The van der Waals surface area contributed by atoms with E-state index in [4.69, 9.17) is 0 Å². The molecule has 2 heterocycles. The number of carbonyl (C=O) groups excluding carboxylic acids is 6. The van der Waals surface area contributed by atoms with Gasteiger partial charge in [0.15, 0.2) is 0 Å². The number of hydrogen-bond donors (Lipinski definition) is 2. The molecule has 2 fully saturated rings. The third-order valence-electron chi connectivity index (χ3n) is 3.94. The maximum absolute atomic E-state index is 11.6. The van der Waals surface area contributed by atoms with Crippen LogP contribution in [0.3, 0.4) is 0 Å². The fraction of sp³-hybridized carbons (Fsp3) is 0.571. The van der Waals surface area contributed by atoms with Crippen molar-refractivity contribution in [2.24, 2.45) is 0 Å². The van der Waals surface area contributed by atoms with E-state index >= 15 is 0 Å². The molecule has 0 radical (unpaired) electrons. The molecule has 0 aliphatic carbocycles. The van der Waals surface area contributed by atoms with Gasteiger partial charge < -0.3 is 0 Å². The van der Waals surface area contributed by atoms with Crippen LogP contribution >= 0.6 is 0 Å². The summed E-state index contributed by atoms with van der Waals surface area (Å²) >= 11 is 0. The lowest BCUT2D eigenvalue weighted by atomic mass is 10.2. The van der Waals surface area contributed by atoms with Crippen molar-refractivity contribution in [3.8, 4) is 0 Å². The van der Waals surface area contributed by atoms with Crippen molar-refractivity contribution >= 4 is 35.6 Å². The van der Waals surface area contributed by atoms with Crippen LogP contribution in [-0.4, -0.2) is 55.6 Å². The summed E-state index contributed by atoms with van der Waals surface area (Å²) in [5.41, 5.74) is 0. The second-order valence-corrected chi connectivity index (χ2v) is 5.86. The molecule has 0 aromatic heterocycles. The molecule has 0 spiro atoms.